The summed E-state index contributed by atoms with van der Waals surface area (Å²) in [7, 11) is 0. The molecule has 0 radical (unpaired) electrons. The topological polar surface area (TPSA) is 60.9 Å². The van der Waals surface area contributed by atoms with E-state index in [1.807, 2.05) is 24.3 Å². The lowest BCUT2D eigenvalue weighted by molar-refractivity contribution is 0.806. The molecule has 18 heavy (non-hydrogen) atoms. The summed E-state index contributed by atoms with van der Waals surface area (Å²) in [6.07, 6.45) is 1.61. The van der Waals surface area contributed by atoms with Gasteiger partial charge in [0.05, 0.1) is 5.69 Å². The van der Waals surface area contributed by atoms with Crippen molar-refractivity contribution in [2.24, 2.45) is 5.73 Å². The fourth-order valence-corrected chi connectivity index (χ4v) is 2.33. The lowest BCUT2D eigenvalue weighted by Crippen LogP contribution is -2.19. The number of thioether (sulfide) groups is 1. The molecule has 94 valence electrons. The van der Waals surface area contributed by atoms with Crippen molar-refractivity contribution in [2.45, 2.75) is 5.75 Å². The lowest BCUT2D eigenvalue weighted by Gasteiger charge is -2.06. The molecule has 0 saturated carbocycles. The maximum atomic E-state index is 11.7. The number of rotatable bonds is 5. The van der Waals surface area contributed by atoms with Crippen LogP contribution in [0.3, 0.4) is 0 Å². The molecule has 1 heterocycles. The highest BCUT2D eigenvalue weighted by atomic mass is 32.2. The highest BCUT2D eigenvalue weighted by Crippen LogP contribution is 2.14. The third-order valence-electron chi connectivity index (χ3n) is 2.40. The first-order chi connectivity index (χ1) is 8.81. The molecule has 0 aliphatic carbocycles. The average Bonchev–Trinajstić information content (AvgIpc) is 2.40. The summed E-state index contributed by atoms with van der Waals surface area (Å²) in [5.74, 6) is 1.83. The first kappa shape index (κ1) is 12.9. The summed E-state index contributed by atoms with van der Waals surface area (Å²) in [5.41, 5.74) is 7.30. The number of nitrogens with two attached hydrogens (primary N) is 1. The van der Waals surface area contributed by atoms with Crippen molar-refractivity contribution < 1.29 is 0 Å². The van der Waals surface area contributed by atoms with Crippen LogP contribution in [0.25, 0.3) is 5.69 Å². The minimum absolute atomic E-state index is 0.121. The molecular weight excluding hydrogens is 246 g/mol. The van der Waals surface area contributed by atoms with E-state index >= 15 is 0 Å². The molecule has 1 aromatic heterocycles. The normalized spacial score (nSPS) is 10.5. The van der Waals surface area contributed by atoms with Crippen LogP contribution < -0.4 is 11.3 Å². The standard InChI is InChI=1S/C13H15N3OS/c14-6-8-18-10-11-3-1-4-12(9-11)16-13(17)5-2-7-15-16/h1-5,7,9H,6,8,10,14H2. The second-order valence-corrected chi connectivity index (χ2v) is 4.89. The van der Waals surface area contributed by atoms with E-state index in [1.165, 1.54) is 16.3 Å². The van der Waals surface area contributed by atoms with Gasteiger partial charge in [0.1, 0.15) is 0 Å². The SMILES string of the molecule is NCCSCc1cccc(-n2ncccc2=O)c1. The van der Waals surface area contributed by atoms with Crippen LogP contribution in [-0.2, 0) is 5.75 Å². The molecule has 0 aliphatic rings. The summed E-state index contributed by atoms with van der Waals surface area (Å²) < 4.78 is 1.40. The smallest absolute Gasteiger partial charge is 0.271 e. The molecule has 0 fully saturated rings. The van der Waals surface area contributed by atoms with Crippen LogP contribution >= 0.6 is 11.8 Å². The molecule has 4 nitrogen and oxygen atoms in total. The Morgan fingerprint density at radius 3 is 2.94 bits per heavy atom. The number of benzene rings is 1. The van der Waals surface area contributed by atoms with Crippen LogP contribution in [0.15, 0.2) is 47.4 Å². The van der Waals surface area contributed by atoms with E-state index in [2.05, 4.69) is 5.10 Å². The van der Waals surface area contributed by atoms with Crippen molar-refractivity contribution in [1.82, 2.24) is 9.78 Å². The number of aromatic nitrogens is 2. The Balaban J connectivity index is 2.22. The van der Waals surface area contributed by atoms with Crippen LogP contribution in [0.1, 0.15) is 5.56 Å². The molecule has 0 amide bonds. The van der Waals surface area contributed by atoms with E-state index in [0.717, 1.165) is 17.2 Å². The predicted molar refractivity (Wildman–Crippen MR) is 75.1 cm³/mol. The molecule has 0 atom stereocenters. The monoisotopic (exact) mass is 261 g/mol. The summed E-state index contributed by atoms with van der Waals surface area (Å²) in [4.78, 5) is 11.7. The molecule has 2 aromatic rings. The fourth-order valence-electron chi connectivity index (χ4n) is 1.60. The largest absolute Gasteiger partial charge is 0.330 e. The Morgan fingerprint density at radius 2 is 2.17 bits per heavy atom. The van der Waals surface area contributed by atoms with Crippen LogP contribution in [-0.4, -0.2) is 22.1 Å². The van der Waals surface area contributed by atoms with Crippen molar-refractivity contribution in [3.63, 3.8) is 0 Å². The van der Waals surface area contributed by atoms with E-state index < -0.39 is 0 Å². The average molecular weight is 261 g/mol. The van der Waals surface area contributed by atoms with Gasteiger partial charge in [0.2, 0.25) is 0 Å². The molecule has 2 rings (SSSR count). The summed E-state index contributed by atoms with van der Waals surface area (Å²) in [5, 5.41) is 4.06. The molecule has 0 aliphatic heterocycles. The molecule has 0 spiro atoms. The molecule has 2 N–H and O–H groups in total. The Kier molecular flexibility index (Phi) is 4.55. The van der Waals surface area contributed by atoms with Crippen LogP contribution in [0.4, 0.5) is 0 Å². The minimum atomic E-state index is -0.121. The van der Waals surface area contributed by atoms with Crippen molar-refractivity contribution in [1.29, 1.82) is 0 Å². The van der Waals surface area contributed by atoms with Gasteiger partial charge < -0.3 is 5.73 Å². The van der Waals surface area contributed by atoms with Gasteiger partial charge in [-0.2, -0.15) is 21.5 Å². The van der Waals surface area contributed by atoms with Gasteiger partial charge in [-0.3, -0.25) is 4.79 Å². The van der Waals surface area contributed by atoms with Crippen molar-refractivity contribution in [3.05, 3.63) is 58.5 Å². The number of nitrogens with zero attached hydrogens (tertiary/aromatic N) is 2. The first-order valence-electron chi connectivity index (χ1n) is 5.73. The van der Waals surface area contributed by atoms with E-state index in [1.54, 1.807) is 24.0 Å². The second kappa shape index (κ2) is 6.37. The molecule has 0 unspecified atom stereocenters. The van der Waals surface area contributed by atoms with E-state index in [9.17, 15) is 4.79 Å². The summed E-state index contributed by atoms with van der Waals surface area (Å²) >= 11 is 1.78. The van der Waals surface area contributed by atoms with Crippen LogP contribution in [0.2, 0.25) is 0 Å². The highest BCUT2D eigenvalue weighted by molar-refractivity contribution is 7.98. The maximum Gasteiger partial charge on any atom is 0.271 e. The van der Waals surface area contributed by atoms with Gasteiger partial charge >= 0.3 is 0 Å². The van der Waals surface area contributed by atoms with Gasteiger partial charge in [-0.05, 0) is 23.8 Å². The van der Waals surface area contributed by atoms with Gasteiger partial charge in [-0.1, -0.05) is 12.1 Å². The Hall–Kier alpha value is -1.59. The highest BCUT2D eigenvalue weighted by Gasteiger charge is 2.01. The quantitative estimate of drug-likeness (QED) is 0.827. The van der Waals surface area contributed by atoms with Gasteiger partial charge in [-0.15, -0.1) is 0 Å². The number of hydrogen-bond donors (Lipinski definition) is 1. The van der Waals surface area contributed by atoms with Gasteiger partial charge in [0.25, 0.3) is 5.56 Å². The van der Waals surface area contributed by atoms with Crippen molar-refractivity contribution in [2.75, 3.05) is 12.3 Å². The summed E-state index contributed by atoms with van der Waals surface area (Å²) in [6.45, 7) is 0.685. The van der Waals surface area contributed by atoms with Gasteiger partial charge in [0, 0.05) is 30.3 Å². The van der Waals surface area contributed by atoms with E-state index in [0.29, 0.717) is 6.54 Å². The number of hydrogen-bond acceptors (Lipinski definition) is 4. The van der Waals surface area contributed by atoms with Crippen molar-refractivity contribution >= 4 is 11.8 Å². The van der Waals surface area contributed by atoms with E-state index in [-0.39, 0.29) is 5.56 Å². The predicted octanol–water partition coefficient (Wildman–Crippen LogP) is 1.42. The fraction of sp³-hybridized carbons (Fsp3) is 0.231. The Morgan fingerprint density at radius 1 is 1.28 bits per heavy atom. The molecule has 0 saturated heterocycles. The van der Waals surface area contributed by atoms with Gasteiger partial charge in [-0.25, -0.2) is 0 Å². The molecule has 1 aromatic carbocycles. The van der Waals surface area contributed by atoms with Crippen LogP contribution in [0, 0.1) is 0 Å². The molecule has 0 bridgehead atoms. The first-order valence-corrected chi connectivity index (χ1v) is 6.88. The molecular formula is C13H15N3OS. The Labute approximate surface area is 110 Å². The summed E-state index contributed by atoms with van der Waals surface area (Å²) in [6, 6.07) is 11.0. The zero-order valence-electron chi connectivity index (χ0n) is 9.95. The Bertz CT molecular complexity index is 568. The molecule has 5 heteroatoms. The zero-order valence-corrected chi connectivity index (χ0v) is 10.8. The minimum Gasteiger partial charge on any atom is -0.330 e. The third kappa shape index (κ3) is 3.21. The second-order valence-electron chi connectivity index (χ2n) is 3.78. The van der Waals surface area contributed by atoms with Crippen molar-refractivity contribution in [3.8, 4) is 5.69 Å². The zero-order chi connectivity index (χ0) is 12.8. The van der Waals surface area contributed by atoms with Crippen LogP contribution in [0.5, 0.6) is 0 Å². The van der Waals surface area contributed by atoms with Gasteiger partial charge in [0.15, 0.2) is 0 Å². The lowest BCUT2D eigenvalue weighted by atomic mass is 10.2. The maximum absolute atomic E-state index is 11.7. The van der Waals surface area contributed by atoms with E-state index in [4.69, 9.17) is 5.73 Å². The third-order valence-corrected chi connectivity index (χ3v) is 3.46.